The Hall–Kier alpha value is -1.20. The van der Waals surface area contributed by atoms with Gasteiger partial charge in [-0.3, -0.25) is 9.88 Å². The number of hydrogen-bond donors (Lipinski definition) is 2. The van der Waals surface area contributed by atoms with Crippen molar-refractivity contribution in [1.82, 2.24) is 14.9 Å². The van der Waals surface area contributed by atoms with Gasteiger partial charge in [0.1, 0.15) is 5.82 Å². The van der Waals surface area contributed by atoms with E-state index in [-0.39, 0.29) is 6.61 Å². The van der Waals surface area contributed by atoms with Crippen LogP contribution in [0.25, 0.3) is 0 Å². The molecule has 15 heavy (non-hydrogen) atoms. The maximum atomic E-state index is 9.02. The number of likely N-dealkylation sites (tertiary alicyclic amines) is 1. The van der Waals surface area contributed by atoms with Gasteiger partial charge in [-0.15, -0.1) is 0 Å². The number of aromatic nitrogens is 2. The molecule has 0 bridgehead atoms. The van der Waals surface area contributed by atoms with Crippen LogP contribution in [0.2, 0.25) is 0 Å². The summed E-state index contributed by atoms with van der Waals surface area (Å²) >= 11 is 0. The zero-order valence-electron chi connectivity index (χ0n) is 8.63. The number of hydrogen-bond acceptors (Lipinski definition) is 5. The van der Waals surface area contributed by atoms with Crippen LogP contribution in [0.1, 0.15) is 12.1 Å². The molecule has 2 rings (SSSR count). The molecule has 0 aromatic carbocycles. The average Bonchev–Trinajstić information content (AvgIpc) is 2.69. The Morgan fingerprint density at radius 3 is 2.93 bits per heavy atom. The molecule has 0 aliphatic carbocycles. The topological polar surface area (TPSA) is 75.3 Å². The van der Waals surface area contributed by atoms with Crippen molar-refractivity contribution in [3.63, 3.8) is 0 Å². The molecule has 1 atom stereocenters. The fraction of sp³-hybridized carbons (Fsp3) is 0.600. The highest BCUT2D eigenvalue weighted by atomic mass is 16.3. The molecular weight excluding hydrogens is 192 g/mol. The van der Waals surface area contributed by atoms with Gasteiger partial charge >= 0.3 is 0 Å². The van der Waals surface area contributed by atoms with Crippen molar-refractivity contribution in [2.24, 2.45) is 5.92 Å². The molecule has 1 unspecified atom stereocenters. The van der Waals surface area contributed by atoms with Gasteiger partial charge in [-0.1, -0.05) is 0 Å². The van der Waals surface area contributed by atoms with Crippen LogP contribution >= 0.6 is 0 Å². The van der Waals surface area contributed by atoms with Gasteiger partial charge in [0, 0.05) is 19.7 Å². The smallest absolute Gasteiger partial charge is 0.141 e. The second-order valence-corrected chi connectivity index (χ2v) is 4.00. The predicted octanol–water partition coefficient (Wildman–Crippen LogP) is -0.127. The average molecular weight is 208 g/mol. The summed E-state index contributed by atoms with van der Waals surface area (Å²) in [5.41, 5.74) is 6.39. The van der Waals surface area contributed by atoms with Crippen molar-refractivity contribution >= 4 is 5.82 Å². The predicted molar refractivity (Wildman–Crippen MR) is 56.9 cm³/mol. The molecule has 0 amide bonds. The van der Waals surface area contributed by atoms with E-state index in [9.17, 15) is 0 Å². The van der Waals surface area contributed by atoms with E-state index < -0.39 is 0 Å². The fourth-order valence-corrected chi connectivity index (χ4v) is 1.88. The normalized spacial score (nSPS) is 22.1. The summed E-state index contributed by atoms with van der Waals surface area (Å²) in [7, 11) is 0. The highest BCUT2D eigenvalue weighted by Crippen LogP contribution is 2.17. The van der Waals surface area contributed by atoms with E-state index in [0.717, 1.165) is 31.7 Å². The summed E-state index contributed by atoms with van der Waals surface area (Å²) in [6.07, 6.45) is 4.36. The summed E-state index contributed by atoms with van der Waals surface area (Å²) in [6.45, 7) is 3.05. The lowest BCUT2D eigenvalue weighted by Crippen LogP contribution is -2.21. The van der Waals surface area contributed by atoms with Gasteiger partial charge in [-0.2, -0.15) is 0 Å². The molecular formula is C10H16N4O. The highest BCUT2D eigenvalue weighted by Gasteiger charge is 2.21. The van der Waals surface area contributed by atoms with E-state index in [1.807, 2.05) is 0 Å². The SMILES string of the molecule is Nc1cnc(CN2CCC(CO)C2)cn1. The van der Waals surface area contributed by atoms with E-state index in [4.69, 9.17) is 10.8 Å². The maximum absolute atomic E-state index is 9.02. The van der Waals surface area contributed by atoms with Gasteiger partial charge in [-0.05, 0) is 18.9 Å². The van der Waals surface area contributed by atoms with Crippen LogP contribution in [0.3, 0.4) is 0 Å². The zero-order valence-corrected chi connectivity index (χ0v) is 8.63. The monoisotopic (exact) mass is 208 g/mol. The first-order valence-electron chi connectivity index (χ1n) is 5.17. The van der Waals surface area contributed by atoms with Gasteiger partial charge < -0.3 is 10.8 Å². The maximum Gasteiger partial charge on any atom is 0.141 e. The Bertz CT molecular complexity index is 314. The van der Waals surface area contributed by atoms with E-state index in [1.165, 1.54) is 0 Å². The van der Waals surface area contributed by atoms with Crippen molar-refractivity contribution in [1.29, 1.82) is 0 Å². The Morgan fingerprint density at radius 2 is 2.33 bits per heavy atom. The number of nitrogens with zero attached hydrogens (tertiary/aromatic N) is 3. The van der Waals surface area contributed by atoms with Crippen LogP contribution < -0.4 is 5.73 Å². The number of aliphatic hydroxyl groups excluding tert-OH is 1. The van der Waals surface area contributed by atoms with Crippen molar-refractivity contribution in [3.05, 3.63) is 18.1 Å². The van der Waals surface area contributed by atoms with Crippen molar-refractivity contribution < 1.29 is 5.11 Å². The minimum atomic E-state index is 0.282. The minimum Gasteiger partial charge on any atom is -0.396 e. The van der Waals surface area contributed by atoms with Gasteiger partial charge in [0.25, 0.3) is 0 Å². The Morgan fingerprint density at radius 1 is 1.47 bits per heavy atom. The van der Waals surface area contributed by atoms with Gasteiger partial charge in [-0.25, -0.2) is 4.98 Å². The van der Waals surface area contributed by atoms with Crippen LogP contribution in [0.15, 0.2) is 12.4 Å². The molecule has 2 heterocycles. The molecule has 5 heteroatoms. The van der Waals surface area contributed by atoms with E-state index in [1.54, 1.807) is 12.4 Å². The van der Waals surface area contributed by atoms with E-state index in [0.29, 0.717) is 11.7 Å². The van der Waals surface area contributed by atoms with Gasteiger partial charge in [0.2, 0.25) is 0 Å². The number of rotatable bonds is 3. The fourth-order valence-electron chi connectivity index (χ4n) is 1.88. The molecule has 0 radical (unpaired) electrons. The summed E-state index contributed by atoms with van der Waals surface area (Å²) in [6, 6.07) is 0. The van der Waals surface area contributed by atoms with Gasteiger partial charge in [0.15, 0.2) is 0 Å². The zero-order chi connectivity index (χ0) is 10.7. The van der Waals surface area contributed by atoms with Crippen molar-refractivity contribution in [3.8, 4) is 0 Å². The van der Waals surface area contributed by atoms with Crippen LogP contribution in [-0.4, -0.2) is 39.7 Å². The Labute approximate surface area is 88.9 Å². The first-order chi connectivity index (χ1) is 7.28. The lowest BCUT2D eigenvalue weighted by Gasteiger charge is -2.14. The number of nitrogens with two attached hydrogens (primary N) is 1. The summed E-state index contributed by atoms with van der Waals surface area (Å²) < 4.78 is 0. The van der Waals surface area contributed by atoms with Gasteiger partial charge in [0.05, 0.1) is 18.1 Å². The van der Waals surface area contributed by atoms with Crippen LogP contribution in [0.4, 0.5) is 5.82 Å². The first kappa shape index (κ1) is 10.3. The number of aliphatic hydroxyl groups is 1. The first-order valence-corrected chi connectivity index (χ1v) is 5.17. The number of nitrogen functional groups attached to an aromatic ring is 1. The van der Waals surface area contributed by atoms with E-state index in [2.05, 4.69) is 14.9 Å². The molecule has 3 N–H and O–H groups in total. The standard InChI is InChI=1S/C10H16N4O/c11-10-4-12-9(3-13-10)6-14-2-1-8(5-14)7-15/h3-4,8,15H,1-2,5-7H2,(H2,11,13). The third-order valence-electron chi connectivity index (χ3n) is 2.74. The van der Waals surface area contributed by atoms with Crippen LogP contribution in [-0.2, 0) is 6.54 Å². The Balaban J connectivity index is 1.90. The van der Waals surface area contributed by atoms with Crippen molar-refractivity contribution in [2.75, 3.05) is 25.4 Å². The molecule has 0 saturated carbocycles. The molecule has 5 nitrogen and oxygen atoms in total. The van der Waals surface area contributed by atoms with Crippen molar-refractivity contribution in [2.45, 2.75) is 13.0 Å². The molecule has 0 spiro atoms. The lowest BCUT2D eigenvalue weighted by atomic mass is 10.1. The summed E-state index contributed by atoms with van der Waals surface area (Å²) in [5.74, 6) is 0.875. The molecule has 1 saturated heterocycles. The molecule has 1 fully saturated rings. The lowest BCUT2D eigenvalue weighted by molar-refractivity contribution is 0.219. The Kier molecular flexibility index (Phi) is 3.13. The molecule has 1 aliphatic heterocycles. The minimum absolute atomic E-state index is 0.282. The van der Waals surface area contributed by atoms with Crippen LogP contribution in [0, 0.1) is 5.92 Å². The molecule has 82 valence electrons. The molecule has 1 aromatic rings. The number of anilines is 1. The second-order valence-electron chi connectivity index (χ2n) is 4.00. The quantitative estimate of drug-likeness (QED) is 0.724. The largest absolute Gasteiger partial charge is 0.396 e. The molecule has 1 aliphatic rings. The molecule has 1 aromatic heterocycles. The van der Waals surface area contributed by atoms with E-state index >= 15 is 0 Å². The third-order valence-corrected chi connectivity index (χ3v) is 2.74. The highest BCUT2D eigenvalue weighted by molar-refractivity contribution is 5.22. The summed E-state index contributed by atoms with van der Waals surface area (Å²) in [5, 5.41) is 9.02. The summed E-state index contributed by atoms with van der Waals surface area (Å²) in [4.78, 5) is 10.5. The van der Waals surface area contributed by atoms with Crippen LogP contribution in [0.5, 0.6) is 0 Å². The second kappa shape index (κ2) is 4.55. The third kappa shape index (κ3) is 2.64.